The average molecular weight is 379 g/mol. The molecule has 0 bridgehead atoms. The summed E-state index contributed by atoms with van der Waals surface area (Å²) in [6, 6.07) is 20.1. The van der Waals surface area contributed by atoms with Crippen LogP contribution in [0.15, 0.2) is 60.7 Å². The molecule has 0 spiro atoms. The first-order chi connectivity index (χ1) is 13.5. The zero-order valence-corrected chi connectivity index (χ0v) is 16.5. The van der Waals surface area contributed by atoms with E-state index in [9.17, 15) is 9.59 Å². The maximum absolute atomic E-state index is 12.8. The fourth-order valence-corrected chi connectivity index (χ4v) is 3.65. The summed E-state index contributed by atoms with van der Waals surface area (Å²) in [5.41, 5.74) is 1.07. The van der Waals surface area contributed by atoms with Gasteiger partial charge in [0.25, 0.3) is 0 Å². The van der Waals surface area contributed by atoms with E-state index in [-0.39, 0.29) is 12.4 Å². The van der Waals surface area contributed by atoms with E-state index in [4.69, 9.17) is 4.74 Å². The van der Waals surface area contributed by atoms with Crippen LogP contribution in [0, 0.1) is 5.41 Å². The Labute approximate surface area is 166 Å². The highest BCUT2D eigenvalue weighted by Crippen LogP contribution is 2.27. The number of benzene rings is 2. The Morgan fingerprint density at radius 3 is 2.21 bits per heavy atom. The van der Waals surface area contributed by atoms with Crippen molar-refractivity contribution in [1.29, 1.82) is 0 Å². The van der Waals surface area contributed by atoms with E-state index in [0.29, 0.717) is 26.2 Å². The molecule has 0 saturated heterocycles. The first-order valence-electron chi connectivity index (χ1n) is 9.63. The molecule has 1 unspecified atom stereocenters. The zero-order valence-electron chi connectivity index (χ0n) is 16.5. The lowest BCUT2D eigenvalue weighted by Crippen LogP contribution is -2.57. The molecule has 1 aliphatic rings. The van der Waals surface area contributed by atoms with E-state index in [1.54, 1.807) is 6.92 Å². The van der Waals surface area contributed by atoms with Gasteiger partial charge in [-0.3, -0.25) is 19.1 Å². The maximum atomic E-state index is 12.8. The van der Waals surface area contributed by atoms with Crippen molar-refractivity contribution in [3.05, 3.63) is 71.8 Å². The number of hydrogen-bond donors (Lipinski definition) is 0. The molecule has 1 atom stereocenters. The summed E-state index contributed by atoms with van der Waals surface area (Å²) in [6.45, 7) is 5.41. The lowest BCUT2D eigenvalue weighted by atomic mass is 9.81. The molecular formula is C23H27N2O3+. The maximum Gasteiger partial charge on any atom is 0.327 e. The first-order valence-corrected chi connectivity index (χ1v) is 9.63. The van der Waals surface area contributed by atoms with Crippen LogP contribution in [0.1, 0.15) is 25.0 Å². The minimum Gasteiger partial charge on any atom is -0.465 e. The van der Waals surface area contributed by atoms with Gasteiger partial charge in [0.2, 0.25) is 6.34 Å². The van der Waals surface area contributed by atoms with Crippen LogP contribution in [-0.2, 0) is 27.4 Å². The van der Waals surface area contributed by atoms with Crippen molar-refractivity contribution in [2.24, 2.45) is 5.41 Å². The normalized spacial score (nSPS) is 19.1. The minimum atomic E-state index is -1.19. The summed E-state index contributed by atoms with van der Waals surface area (Å²) in [5.74, 6) is -0.595. The van der Waals surface area contributed by atoms with Crippen LogP contribution in [0.25, 0.3) is 0 Å². The molecule has 1 heterocycles. The molecule has 0 aromatic heterocycles. The van der Waals surface area contributed by atoms with Crippen molar-refractivity contribution in [3.63, 3.8) is 0 Å². The summed E-state index contributed by atoms with van der Waals surface area (Å²) in [5, 5.41) is 0. The molecule has 0 amide bonds. The Balaban J connectivity index is 1.93. The standard InChI is InChI=1S/C23H27N2O3/c1-3-28-22(27)23(19(2)26)16-24(14-20-10-6-4-7-11-20)18-25(17-23)15-21-12-8-5-9-13-21/h4-13,18H,3,14-17H2,1-2H3/q+1. The van der Waals surface area contributed by atoms with Gasteiger partial charge in [-0.15, -0.1) is 0 Å². The number of esters is 1. The number of ketones is 1. The van der Waals surface area contributed by atoms with Crippen LogP contribution < -0.4 is 0 Å². The van der Waals surface area contributed by atoms with E-state index in [2.05, 4.69) is 0 Å². The molecule has 0 fully saturated rings. The highest BCUT2D eigenvalue weighted by atomic mass is 16.5. The second kappa shape index (κ2) is 8.83. The average Bonchev–Trinajstić information content (AvgIpc) is 2.69. The van der Waals surface area contributed by atoms with Crippen LogP contribution in [0.4, 0.5) is 0 Å². The Kier molecular flexibility index (Phi) is 6.24. The third-order valence-corrected chi connectivity index (χ3v) is 5.07. The molecule has 0 N–H and O–H groups in total. The topological polar surface area (TPSA) is 49.6 Å². The summed E-state index contributed by atoms with van der Waals surface area (Å²) < 4.78 is 7.36. The van der Waals surface area contributed by atoms with Gasteiger partial charge in [-0.25, -0.2) is 0 Å². The van der Waals surface area contributed by atoms with Gasteiger partial charge in [-0.2, -0.15) is 0 Å². The molecule has 2 aromatic rings. The van der Waals surface area contributed by atoms with Crippen LogP contribution in [0.2, 0.25) is 0 Å². The lowest BCUT2D eigenvalue weighted by Gasteiger charge is -2.34. The monoisotopic (exact) mass is 379 g/mol. The molecule has 0 radical (unpaired) electrons. The van der Waals surface area contributed by atoms with Crippen LogP contribution >= 0.6 is 0 Å². The third-order valence-electron chi connectivity index (χ3n) is 5.07. The molecule has 28 heavy (non-hydrogen) atoms. The lowest BCUT2D eigenvalue weighted by molar-refractivity contribution is -0.559. The predicted molar refractivity (Wildman–Crippen MR) is 108 cm³/mol. The highest BCUT2D eigenvalue weighted by Gasteiger charge is 2.52. The third kappa shape index (κ3) is 4.47. The van der Waals surface area contributed by atoms with E-state index in [0.717, 1.165) is 11.1 Å². The molecule has 0 aliphatic carbocycles. The number of ether oxygens (including phenoxy) is 1. The van der Waals surface area contributed by atoms with Gasteiger partial charge in [0, 0.05) is 0 Å². The Morgan fingerprint density at radius 1 is 1.04 bits per heavy atom. The first kappa shape index (κ1) is 19.8. The van der Waals surface area contributed by atoms with Crippen molar-refractivity contribution in [3.8, 4) is 0 Å². The van der Waals surface area contributed by atoms with Crippen molar-refractivity contribution < 1.29 is 18.9 Å². The molecule has 2 aromatic carbocycles. The van der Waals surface area contributed by atoms with Crippen molar-refractivity contribution in [1.82, 2.24) is 4.90 Å². The SMILES string of the molecule is CCOC(=O)C1(C(C)=O)CN(Cc2ccccc2)C=[N+](Cc2ccccc2)C1. The minimum absolute atomic E-state index is 0.157. The van der Waals surface area contributed by atoms with Gasteiger partial charge in [-0.1, -0.05) is 60.7 Å². The van der Waals surface area contributed by atoms with Crippen molar-refractivity contribution in [2.75, 3.05) is 19.7 Å². The summed E-state index contributed by atoms with van der Waals surface area (Å²) >= 11 is 0. The molecule has 5 nitrogen and oxygen atoms in total. The molecule has 0 saturated carbocycles. The summed E-state index contributed by atoms with van der Waals surface area (Å²) in [7, 11) is 0. The molecule has 1 aliphatic heterocycles. The number of hydrogen-bond acceptors (Lipinski definition) is 4. The Morgan fingerprint density at radius 2 is 1.64 bits per heavy atom. The Hall–Kier alpha value is -2.95. The van der Waals surface area contributed by atoms with Gasteiger partial charge in [0.05, 0.1) is 6.61 Å². The van der Waals surface area contributed by atoms with Gasteiger partial charge in [0.15, 0.2) is 11.2 Å². The van der Waals surface area contributed by atoms with E-state index < -0.39 is 11.4 Å². The number of carbonyl (C=O) groups excluding carboxylic acids is 2. The van der Waals surface area contributed by atoms with Crippen molar-refractivity contribution >= 4 is 18.1 Å². The van der Waals surface area contributed by atoms with E-state index >= 15 is 0 Å². The summed E-state index contributed by atoms with van der Waals surface area (Å²) in [6.07, 6.45) is 2.03. The highest BCUT2D eigenvalue weighted by molar-refractivity contribution is 6.03. The van der Waals surface area contributed by atoms with Crippen LogP contribution in [-0.4, -0.2) is 47.3 Å². The largest absolute Gasteiger partial charge is 0.465 e. The molecule has 5 heteroatoms. The number of nitrogens with zero attached hydrogens (tertiary/aromatic N) is 2. The van der Waals surface area contributed by atoms with Gasteiger partial charge in [0.1, 0.15) is 26.2 Å². The second-order valence-electron chi connectivity index (χ2n) is 7.26. The quantitative estimate of drug-likeness (QED) is 0.422. The second-order valence-corrected chi connectivity index (χ2v) is 7.26. The number of Topliss-reactive ketones (excluding diaryl/α,β-unsaturated/α-hetero) is 1. The Bertz CT molecular complexity index is 849. The van der Waals surface area contributed by atoms with Crippen LogP contribution in [0.5, 0.6) is 0 Å². The zero-order chi connectivity index (χ0) is 20.0. The number of carbonyl (C=O) groups is 2. The smallest absolute Gasteiger partial charge is 0.327 e. The molecular weight excluding hydrogens is 352 g/mol. The fourth-order valence-electron chi connectivity index (χ4n) is 3.65. The van der Waals surface area contributed by atoms with Gasteiger partial charge in [-0.05, 0) is 25.0 Å². The van der Waals surface area contributed by atoms with Gasteiger partial charge >= 0.3 is 5.97 Å². The summed E-state index contributed by atoms with van der Waals surface area (Å²) in [4.78, 5) is 27.6. The van der Waals surface area contributed by atoms with Crippen LogP contribution in [0.3, 0.4) is 0 Å². The predicted octanol–water partition coefficient (Wildman–Crippen LogP) is 2.88. The van der Waals surface area contributed by atoms with E-state index in [1.165, 1.54) is 6.92 Å². The fraction of sp³-hybridized carbons (Fsp3) is 0.348. The van der Waals surface area contributed by atoms with Gasteiger partial charge < -0.3 is 4.74 Å². The number of rotatable bonds is 7. The molecule has 146 valence electrons. The molecule has 3 rings (SSSR count). The van der Waals surface area contributed by atoms with E-state index in [1.807, 2.05) is 76.5 Å². The van der Waals surface area contributed by atoms with Crippen molar-refractivity contribution in [2.45, 2.75) is 26.9 Å².